The third kappa shape index (κ3) is 6.58. The Hall–Kier alpha value is -2.08. The summed E-state index contributed by atoms with van der Waals surface area (Å²) in [5, 5.41) is 14.9. The van der Waals surface area contributed by atoms with E-state index in [4.69, 9.17) is 4.74 Å². The maximum absolute atomic E-state index is 12.5. The van der Waals surface area contributed by atoms with E-state index >= 15 is 0 Å². The van der Waals surface area contributed by atoms with Gasteiger partial charge in [0.2, 0.25) is 5.91 Å². The summed E-state index contributed by atoms with van der Waals surface area (Å²) in [5.41, 5.74) is 0.160. The highest BCUT2D eigenvalue weighted by Crippen LogP contribution is 2.14. The maximum atomic E-state index is 12.5. The summed E-state index contributed by atoms with van der Waals surface area (Å²) in [5.74, 6) is -0.494. The molecule has 0 spiro atoms. The van der Waals surface area contributed by atoms with E-state index in [1.54, 1.807) is 20.8 Å². The Morgan fingerprint density at radius 2 is 1.71 bits per heavy atom. The van der Waals surface area contributed by atoms with Crippen molar-refractivity contribution in [1.29, 1.82) is 0 Å². The van der Waals surface area contributed by atoms with E-state index in [0.29, 0.717) is 0 Å². The standard InChI is InChI=1S/C18H28N2O4/c1-12(2)15(20-17(23)24-18(3,4)5)16(22)19-14(11-21)13-9-7-6-8-10-13/h6-10,12,14-15,21H,11H2,1-5H3,(H,19,22)(H,20,23)/t14-,15-/m0/s1. The summed E-state index contributed by atoms with van der Waals surface area (Å²) in [6.45, 7) is 8.71. The molecule has 0 aliphatic rings. The smallest absolute Gasteiger partial charge is 0.408 e. The van der Waals surface area contributed by atoms with Gasteiger partial charge >= 0.3 is 6.09 Å². The fourth-order valence-corrected chi connectivity index (χ4v) is 2.15. The van der Waals surface area contributed by atoms with Crippen LogP contribution in [0.4, 0.5) is 4.79 Å². The van der Waals surface area contributed by atoms with Crippen LogP contribution in [0.25, 0.3) is 0 Å². The minimum absolute atomic E-state index is 0.132. The molecule has 0 unspecified atom stereocenters. The lowest BCUT2D eigenvalue weighted by atomic mass is 10.0. The number of hydrogen-bond acceptors (Lipinski definition) is 4. The molecule has 134 valence electrons. The van der Waals surface area contributed by atoms with Gasteiger partial charge in [-0.3, -0.25) is 4.79 Å². The molecule has 2 amide bonds. The molecule has 0 aliphatic heterocycles. The monoisotopic (exact) mass is 336 g/mol. The van der Waals surface area contributed by atoms with Gasteiger partial charge in [0.05, 0.1) is 12.6 Å². The maximum Gasteiger partial charge on any atom is 0.408 e. The van der Waals surface area contributed by atoms with E-state index in [1.807, 2.05) is 44.2 Å². The van der Waals surface area contributed by atoms with Gasteiger partial charge in [0.25, 0.3) is 0 Å². The number of nitrogens with one attached hydrogen (secondary N) is 2. The molecule has 0 fully saturated rings. The second-order valence-electron chi connectivity index (χ2n) is 7.02. The Morgan fingerprint density at radius 3 is 2.17 bits per heavy atom. The average Bonchev–Trinajstić information content (AvgIpc) is 2.48. The molecule has 24 heavy (non-hydrogen) atoms. The van der Waals surface area contributed by atoms with Gasteiger partial charge in [0.1, 0.15) is 11.6 Å². The van der Waals surface area contributed by atoms with Crippen molar-refractivity contribution in [3.8, 4) is 0 Å². The molecule has 6 nitrogen and oxygen atoms in total. The second-order valence-corrected chi connectivity index (χ2v) is 7.02. The van der Waals surface area contributed by atoms with Crippen LogP contribution in [0.1, 0.15) is 46.2 Å². The minimum atomic E-state index is -0.752. The summed E-state index contributed by atoms with van der Waals surface area (Å²) >= 11 is 0. The van der Waals surface area contributed by atoms with Crippen LogP contribution in [0, 0.1) is 5.92 Å². The number of rotatable bonds is 6. The molecular formula is C18H28N2O4. The predicted octanol–water partition coefficient (Wildman–Crippen LogP) is 2.39. The van der Waals surface area contributed by atoms with Gasteiger partial charge in [-0.05, 0) is 32.3 Å². The Bertz CT molecular complexity index is 538. The van der Waals surface area contributed by atoms with Crippen LogP contribution >= 0.6 is 0 Å². The van der Waals surface area contributed by atoms with Crippen molar-refractivity contribution in [3.05, 3.63) is 35.9 Å². The molecule has 0 saturated heterocycles. The van der Waals surface area contributed by atoms with Gasteiger partial charge < -0.3 is 20.5 Å². The van der Waals surface area contributed by atoms with Crippen LogP contribution < -0.4 is 10.6 Å². The average molecular weight is 336 g/mol. The van der Waals surface area contributed by atoms with Gasteiger partial charge in [-0.15, -0.1) is 0 Å². The number of benzene rings is 1. The molecule has 1 rings (SSSR count). The SMILES string of the molecule is CC(C)[C@H](NC(=O)OC(C)(C)C)C(=O)N[C@@H](CO)c1ccccc1. The van der Waals surface area contributed by atoms with Crippen molar-refractivity contribution in [3.63, 3.8) is 0 Å². The van der Waals surface area contributed by atoms with Crippen molar-refractivity contribution >= 4 is 12.0 Å². The zero-order valence-electron chi connectivity index (χ0n) is 15.0. The van der Waals surface area contributed by atoms with Crippen LogP contribution in [-0.2, 0) is 9.53 Å². The predicted molar refractivity (Wildman–Crippen MR) is 92.4 cm³/mol. The van der Waals surface area contributed by atoms with E-state index in [0.717, 1.165) is 5.56 Å². The first-order valence-corrected chi connectivity index (χ1v) is 8.09. The topological polar surface area (TPSA) is 87.7 Å². The molecule has 0 heterocycles. The first-order valence-electron chi connectivity index (χ1n) is 8.09. The molecule has 0 aromatic heterocycles. The molecule has 6 heteroatoms. The molecule has 0 aliphatic carbocycles. The molecule has 2 atom stereocenters. The van der Waals surface area contributed by atoms with Crippen LogP contribution in [0.3, 0.4) is 0 Å². The summed E-state index contributed by atoms with van der Waals surface area (Å²) in [4.78, 5) is 24.5. The number of carbonyl (C=O) groups is 2. The fraction of sp³-hybridized carbons (Fsp3) is 0.556. The zero-order chi connectivity index (χ0) is 18.3. The van der Waals surface area contributed by atoms with E-state index in [2.05, 4.69) is 10.6 Å². The molecule has 0 saturated carbocycles. The third-order valence-electron chi connectivity index (χ3n) is 3.32. The van der Waals surface area contributed by atoms with Crippen LogP contribution in [0.2, 0.25) is 0 Å². The van der Waals surface area contributed by atoms with Crippen LogP contribution in [0.5, 0.6) is 0 Å². The summed E-state index contributed by atoms with van der Waals surface area (Å²) < 4.78 is 5.21. The van der Waals surface area contributed by atoms with Gasteiger partial charge in [0, 0.05) is 0 Å². The highest BCUT2D eigenvalue weighted by Gasteiger charge is 2.28. The molecular weight excluding hydrogens is 308 g/mol. The van der Waals surface area contributed by atoms with Gasteiger partial charge in [-0.1, -0.05) is 44.2 Å². The van der Waals surface area contributed by atoms with Crippen molar-refractivity contribution in [2.75, 3.05) is 6.61 Å². The number of aliphatic hydroxyl groups excluding tert-OH is 1. The summed E-state index contributed by atoms with van der Waals surface area (Å²) in [6.07, 6.45) is -0.642. The zero-order valence-corrected chi connectivity index (χ0v) is 15.0. The number of ether oxygens (including phenoxy) is 1. The lowest BCUT2D eigenvalue weighted by Gasteiger charge is -2.27. The third-order valence-corrected chi connectivity index (χ3v) is 3.32. The number of alkyl carbamates (subject to hydrolysis) is 1. The van der Waals surface area contributed by atoms with Gasteiger partial charge in [-0.2, -0.15) is 0 Å². The van der Waals surface area contributed by atoms with Crippen molar-refractivity contribution in [2.45, 2.75) is 52.3 Å². The van der Waals surface area contributed by atoms with Crippen molar-refractivity contribution in [2.24, 2.45) is 5.92 Å². The number of amides is 2. The van der Waals surface area contributed by atoms with Crippen molar-refractivity contribution in [1.82, 2.24) is 10.6 Å². The highest BCUT2D eigenvalue weighted by molar-refractivity contribution is 5.86. The van der Waals surface area contributed by atoms with Crippen LogP contribution in [0.15, 0.2) is 30.3 Å². The van der Waals surface area contributed by atoms with E-state index in [9.17, 15) is 14.7 Å². The van der Waals surface area contributed by atoms with Crippen LogP contribution in [-0.4, -0.2) is 35.4 Å². The fourth-order valence-electron chi connectivity index (χ4n) is 2.15. The Morgan fingerprint density at radius 1 is 1.12 bits per heavy atom. The quantitative estimate of drug-likeness (QED) is 0.744. The van der Waals surface area contributed by atoms with Gasteiger partial charge in [0.15, 0.2) is 0 Å². The molecule has 1 aromatic rings. The number of hydrogen-bond donors (Lipinski definition) is 3. The van der Waals surface area contributed by atoms with Crippen molar-refractivity contribution < 1.29 is 19.4 Å². The first-order chi connectivity index (χ1) is 11.1. The Balaban J connectivity index is 2.77. The molecule has 0 radical (unpaired) electrons. The number of carbonyl (C=O) groups excluding carboxylic acids is 2. The molecule has 3 N–H and O–H groups in total. The lowest BCUT2D eigenvalue weighted by molar-refractivity contribution is -0.125. The van der Waals surface area contributed by atoms with Gasteiger partial charge in [-0.25, -0.2) is 4.79 Å². The molecule has 0 bridgehead atoms. The van der Waals surface area contributed by atoms with E-state index in [1.165, 1.54) is 0 Å². The lowest BCUT2D eigenvalue weighted by Crippen LogP contribution is -2.51. The Labute approximate surface area is 143 Å². The minimum Gasteiger partial charge on any atom is -0.444 e. The second kappa shape index (κ2) is 8.68. The normalized spacial score (nSPS) is 14.0. The largest absolute Gasteiger partial charge is 0.444 e. The highest BCUT2D eigenvalue weighted by atomic mass is 16.6. The number of aliphatic hydroxyl groups is 1. The molecule has 1 aromatic carbocycles. The first kappa shape index (κ1) is 20.0. The summed E-state index contributed by atoms with van der Waals surface area (Å²) in [6, 6.07) is 7.91. The van der Waals surface area contributed by atoms with E-state index < -0.39 is 23.8 Å². The Kier molecular flexibility index (Phi) is 7.22. The summed E-state index contributed by atoms with van der Waals surface area (Å²) in [7, 11) is 0. The van der Waals surface area contributed by atoms with E-state index in [-0.39, 0.29) is 18.4 Å².